The third-order valence-corrected chi connectivity index (χ3v) is 6.51. The Hall–Kier alpha value is -3.12. The molecule has 0 spiro atoms. The zero-order valence-corrected chi connectivity index (χ0v) is 19.4. The third kappa shape index (κ3) is 4.28. The summed E-state index contributed by atoms with van der Waals surface area (Å²) in [5, 5.41) is 5.08. The highest BCUT2D eigenvalue weighted by atomic mass is 32.1. The molecule has 6 heteroatoms. The van der Waals surface area contributed by atoms with Gasteiger partial charge in [0.25, 0.3) is 5.91 Å². The van der Waals surface area contributed by atoms with Crippen LogP contribution < -0.4 is 10.1 Å². The fourth-order valence-electron chi connectivity index (χ4n) is 4.31. The van der Waals surface area contributed by atoms with Gasteiger partial charge in [-0.25, -0.2) is 0 Å². The van der Waals surface area contributed by atoms with Crippen LogP contribution in [0.3, 0.4) is 0 Å². The lowest BCUT2D eigenvalue weighted by Gasteiger charge is -2.42. The number of rotatable bonds is 7. The van der Waals surface area contributed by atoms with E-state index in [0.29, 0.717) is 30.2 Å². The number of ether oxygens (including phenoxy) is 1. The first kappa shape index (κ1) is 22.1. The van der Waals surface area contributed by atoms with Crippen LogP contribution in [0.15, 0.2) is 66.0 Å². The molecule has 2 amide bonds. The van der Waals surface area contributed by atoms with Gasteiger partial charge in [-0.1, -0.05) is 50.2 Å². The van der Waals surface area contributed by atoms with E-state index in [4.69, 9.17) is 4.74 Å². The number of hydrogen-bond acceptors (Lipinski definition) is 4. The van der Waals surface area contributed by atoms with E-state index in [9.17, 15) is 9.59 Å². The van der Waals surface area contributed by atoms with Crippen molar-refractivity contribution in [2.75, 3.05) is 18.5 Å². The van der Waals surface area contributed by atoms with E-state index in [-0.39, 0.29) is 23.8 Å². The van der Waals surface area contributed by atoms with Crippen LogP contribution in [0.4, 0.5) is 5.69 Å². The number of thiophene rings is 1. The van der Waals surface area contributed by atoms with E-state index in [1.807, 2.05) is 77.9 Å². The molecule has 0 radical (unpaired) electrons. The first-order valence-corrected chi connectivity index (χ1v) is 11.8. The van der Waals surface area contributed by atoms with Gasteiger partial charge in [0.2, 0.25) is 5.91 Å². The third-order valence-electron chi connectivity index (χ3n) is 5.56. The zero-order chi connectivity index (χ0) is 22.7. The Bertz CT molecular complexity index is 1090. The summed E-state index contributed by atoms with van der Waals surface area (Å²) in [7, 11) is 0. The molecular formula is C26H28N2O3S. The van der Waals surface area contributed by atoms with Crippen LogP contribution in [0, 0.1) is 5.92 Å². The maximum atomic E-state index is 13.8. The summed E-state index contributed by atoms with van der Waals surface area (Å²) >= 11 is 1.58. The van der Waals surface area contributed by atoms with E-state index in [2.05, 4.69) is 19.2 Å². The quantitative estimate of drug-likeness (QED) is 0.503. The number of benzene rings is 2. The Morgan fingerprint density at radius 3 is 2.56 bits per heavy atom. The number of amides is 2. The standard InChI is InChI=1S/C26H28N2O3S/c1-4-31-21-13-8-7-12-20(21)27-25(29)23-18-10-5-6-11-19(18)26(30)28(16-17(2)3)24(23)22-14-9-15-32-22/h5-15,17,23-24H,4,16H2,1-3H3,(H,27,29). The van der Waals surface area contributed by atoms with Crippen molar-refractivity contribution < 1.29 is 14.3 Å². The van der Waals surface area contributed by atoms with Crippen LogP contribution >= 0.6 is 11.3 Å². The highest BCUT2D eigenvalue weighted by Crippen LogP contribution is 2.45. The minimum Gasteiger partial charge on any atom is -0.492 e. The van der Waals surface area contributed by atoms with Crippen molar-refractivity contribution in [1.29, 1.82) is 0 Å². The summed E-state index contributed by atoms with van der Waals surface area (Å²) in [6.45, 7) is 7.18. The van der Waals surface area contributed by atoms with Crippen molar-refractivity contribution in [1.82, 2.24) is 4.90 Å². The molecule has 1 aliphatic heterocycles. The van der Waals surface area contributed by atoms with E-state index in [1.54, 1.807) is 11.3 Å². The van der Waals surface area contributed by atoms with Crippen LogP contribution in [-0.2, 0) is 4.79 Å². The van der Waals surface area contributed by atoms with Crippen LogP contribution in [0.25, 0.3) is 0 Å². The molecule has 1 N–H and O–H groups in total. The number of fused-ring (bicyclic) bond motifs is 1. The second-order valence-electron chi connectivity index (χ2n) is 8.29. The molecule has 166 valence electrons. The first-order chi connectivity index (χ1) is 15.5. The molecule has 3 aromatic rings. The van der Waals surface area contributed by atoms with E-state index in [0.717, 1.165) is 10.4 Å². The molecule has 2 aromatic carbocycles. The SMILES string of the molecule is CCOc1ccccc1NC(=O)C1c2ccccc2C(=O)N(CC(C)C)C1c1cccs1. The van der Waals surface area contributed by atoms with Gasteiger partial charge >= 0.3 is 0 Å². The number of anilines is 1. The van der Waals surface area contributed by atoms with Gasteiger partial charge in [0.05, 0.1) is 24.3 Å². The molecule has 0 fully saturated rings. The fourth-order valence-corrected chi connectivity index (χ4v) is 5.18. The number of nitrogens with zero attached hydrogens (tertiary/aromatic N) is 1. The molecule has 0 aliphatic carbocycles. The molecule has 0 bridgehead atoms. The molecular weight excluding hydrogens is 420 g/mol. The maximum Gasteiger partial charge on any atom is 0.254 e. The Balaban J connectivity index is 1.80. The van der Waals surface area contributed by atoms with Crippen LogP contribution in [-0.4, -0.2) is 29.9 Å². The van der Waals surface area contributed by atoms with Crippen LogP contribution in [0.2, 0.25) is 0 Å². The molecule has 2 heterocycles. The van der Waals surface area contributed by atoms with Crippen LogP contribution in [0.5, 0.6) is 5.75 Å². The maximum absolute atomic E-state index is 13.8. The van der Waals surface area contributed by atoms with Gasteiger partial charge in [-0.05, 0) is 48.1 Å². The van der Waals surface area contributed by atoms with Gasteiger partial charge in [-0.2, -0.15) is 0 Å². The molecule has 32 heavy (non-hydrogen) atoms. The average molecular weight is 449 g/mol. The molecule has 4 rings (SSSR count). The van der Waals surface area contributed by atoms with E-state index < -0.39 is 5.92 Å². The van der Waals surface area contributed by atoms with Gasteiger partial charge in [0.1, 0.15) is 5.75 Å². The Labute approximate surface area is 193 Å². The van der Waals surface area contributed by atoms with E-state index in [1.165, 1.54) is 0 Å². The Morgan fingerprint density at radius 1 is 1.09 bits per heavy atom. The summed E-state index contributed by atoms with van der Waals surface area (Å²) in [6.07, 6.45) is 0. The lowest BCUT2D eigenvalue weighted by molar-refractivity contribution is -0.119. The van der Waals surface area contributed by atoms with Gasteiger partial charge in [0, 0.05) is 17.0 Å². The van der Waals surface area contributed by atoms with Gasteiger partial charge in [-0.15, -0.1) is 11.3 Å². The number of carbonyl (C=O) groups excluding carboxylic acids is 2. The Morgan fingerprint density at radius 2 is 1.84 bits per heavy atom. The van der Waals surface area contributed by atoms with Gasteiger partial charge in [-0.3, -0.25) is 9.59 Å². The molecule has 0 saturated heterocycles. The number of hydrogen-bond donors (Lipinski definition) is 1. The molecule has 0 saturated carbocycles. The smallest absolute Gasteiger partial charge is 0.254 e. The average Bonchev–Trinajstić information content (AvgIpc) is 3.31. The molecule has 5 nitrogen and oxygen atoms in total. The number of carbonyl (C=O) groups is 2. The highest BCUT2D eigenvalue weighted by Gasteiger charge is 2.44. The minimum absolute atomic E-state index is 0.0218. The number of para-hydroxylation sites is 2. The second-order valence-corrected chi connectivity index (χ2v) is 9.27. The summed E-state index contributed by atoms with van der Waals surface area (Å²) < 4.78 is 5.71. The lowest BCUT2D eigenvalue weighted by Crippen LogP contribution is -2.47. The van der Waals surface area contributed by atoms with Crippen molar-refractivity contribution in [3.05, 3.63) is 82.0 Å². The minimum atomic E-state index is -0.531. The fraction of sp³-hybridized carbons (Fsp3) is 0.308. The van der Waals surface area contributed by atoms with Crippen molar-refractivity contribution in [2.24, 2.45) is 5.92 Å². The van der Waals surface area contributed by atoms with Crippen molar-refractivity contribution in [2.45, 2.75) is 32.7 Å². The highest BCUT2D eigenvalue weighted by molar-refractivity contribution is 7.10. The lowest BCUT2D eigenvalue weighted by atomic mass is 9.81. The second kappa shape index (κ2) is 9.57. The molecule has 2 unspecified atom stereocenters. The summed E-state index contributed by atoms with van der Waals surface area (Å²) in [5.74, 6) is 0.205. The summed E-state index contributed by atoms with van der Waals surface area (Å²) in [6, 6.07) is 18.5. The van der Waals surface area contributed by atoms with Gasteiger partial charge < -0.3 is 15.0 Å². The largest absolute Gasteiger partial charge is 0.492 e. The predicted octanol–water partition coefficient (Wildman–Crippen LogP) is 5.72. The molecule has 2 atom stereocenters. The van der Waals surface area contributed by atoms with Crippen molar-refractivity contribution >= 4 is 28.8 Å². The van der Waals surface area contributed by atoms with E-state index >= 15 is 0 Å². The monoisotopic (exact) mass is 448 g/mol. The topological polar surface area (TPSA) is 58.6 Å². The number of nitrogens with one attached hydrogen (secondary N) is 1. The summed E-state index contributed by atoms with van der Waals surface area (Å²) in [5.41, 5.74) is 2.00. The summed E-state index contributed by atoms with van der Waals surface area (Å²) in [4.78, 5) is 30.2. The zero-order valence-electron chi connectivity index (χ0n) is 18.6. The first-order valence-electron chi connectivity index (χ1n) is 11.0. The Kier molecular flexibility index (Phi) is 6.61. The van der Waals surface area contributed by atoms with Crippen LogP contribution in [0.1, 0.15) is 53.5 Å². The van der Waals surface area contributed by atoms with Crippen molar-refractivity contribution in [3.8, 4) is 5.75 Å². The normalized spacial score (nSPS) is 17.9. The predicted molar refractivity (Wildman–Crippen MR) is 128 cm³/mol. The van der Waals surface area contributed by atoms with Gasteiger partial charge in [0.15, 0.2) is 0 Å². The van der Waals surface area contributed by atoms with Crippen molar-refractivity contribution in [3.63, 3.8) is 0 Å². The molecule has 1 aromatic heterocycles. The molecule has 1 aliphatic rings.